The number of hydrogen-bond acceptors (Lipinski definition) is 5. The van der Waals surface area contributed by atoms with Crippen LogP contribution >= 0.6 is 0 Å². The van der Waals surface area contributed by atoms with E-state index in [9.17, 15) is 18.0 Å². The molecule has 9 heteroatoms. The number of nitrogens with one attached hydrogen (secondary N) is 1. The highest BCUT2D eigenvalue weighted by Gasteiger charge is 2.21. The van der Waals surface area contributed by atoms with Crippen molar-refractivity contribution in [3.63, 3.8) is 0 Å². The molecule has 2 amide bonds. The number of ether oxygens (including phenoxy) is 1. The van der Waals surface area contributed by atoms with Gasteiger partial charge in [-0.15, -0.1) is 0 Å². The Labute approximate surface area is 177 Å². The van der Waals surface area contributed by atoms with Crippen molar-refractivity contribution in [3.8, 4) is 5.75 Å². The van der Waals surface area contributed by atoms with Gasteiger partial charge in [0, 0.05) is 26.2 Å². The number of carbonyl (C=O) groups is 2. The minimum Gasteiger partial charge on any atom is -0.494 e. The Balaban J connectivity index is 2.09. The number of benzene rings is 2. The summed E-state index contributed by atoms with van der Waals surface area (Å²) in [6, 6.07) is 13.4. The number of amides is 2. The fourth-order valence-electron chi connectivity index (χ4n) is 2.73. The molecule has 1 N–H and O–H groups in total. The van der Waals surface area contributed by atoms with E-state index in [1.165, 1.54) is 29.2 Å². The molecular formula is C21H27N3O5S. The number of carbonyl (C=O) groups excluding carboxylic acids is 2. The van der Waals surface area contributed by atoms with Crippen LogP contribution in [0.2, 0.25) is 0 Å². The molecular weight excluding hydrogens is 406 g/mol. The minimum absolute atomic E-state index is 0.195. The molecule has 0 saturated heterocycles. The second-order valence-electron chi connectivity index (χ2n) is 6.87. The number of nitrogens with zero attached hydrogens (tertiary/aromatic N) is 2. The van der Waals surface area contributed by atoms with Gasteiger partial charge in [0.2, 0.25) is 15.9 Å². The Hall–Kier alpha value is -3.07. The fraction of sp³-hybridized carbons (Fsp3) is 0.333. The monoisotopic (exact) mass is 433 g/mol. The van der Waals surface area contributed by atoms with Gasteiger partial charge in [0.25, 0.3) is 5.91 Å². The van der Waals surface area contributed by atoms with Crippen LogP contribution in [0.5, 0.6) is 5.75 Å². The van der Waals surface area contributed by atoms with Gasteiger partial charge in [-0.05, 0) is 48.9 Å². The lowest BCUT2D eigenvalue weighted by Crippen LogP contribution is -2.40. The Morgan fingerprint density at radius 1 is 1.07 bits per heavy atom. The third kappa shape index (κ3) is 6.48. The van der Waals surface area contributed by atoms with Gasteiger partial charge in [-0.1, -0.05) is 12.1 Å². The minimum atomic E-state index is -3.70. The molecule has 0 heterocycles. The van der Waals surface area contributed by atoms with Crippen LogP contribution in [-0.4, -0.2) is 58.6 Å². The van der Waals surface area contributed by atoms with E-state index in [0.717, 1.165) is 16.1 Å². The van der Waals surface area contributed by atoms with Crippen LogP contribution in [0.15, 0.2) is 48.5 Å². The van der Waals surface area contributed by atoms with E-state index >= 15 is 0 Å². The lowest BCUT2D eigenvalue weighted by molar-refractivity contribution is -0.119. The molecule has 0 aromatic heterocycles. The molecule has 0 radical (unpaired) electrons. The maximum Gasteiger partial charge on any atom is 0.253 e. The van der Waals surface area contributed by atoms with Gasteiger partial charge in [0.1, 0.15) is 12.3 Å². The van der Waals surface area contributed by atoms with E-state index in [-0.39, 0.29) is 19.0 Å². The standard InChI is InChI=1S/C21H27N3O5S/c1-5-29-19-8-6-7-16(13-19)14-22-20(25)15-24(30(4,27)28)18-11-9-17(10-12-18)21(26)23(2)3/h6-13H,5,14-15H2,1-4H3,(H,22,25). The van der Waals surface area contributed by atoms with Crippen molar-refractivity contribution >= 4 is 27.5 Å². The van der Waals surface area contributed by atoms with Crippen molar-refractivity contribution in [1.82, 2.24) is 10.2 Å². The molecule has 0 bridgehead atoms. The van der Waals surface area contributed by atoms with Gasteiger partial charge in [0.05, 0.1) is 18.6 Å². The van der Waals surface area contributed by atoms with Crippen LogP contribution in [0.3, 0.4) is 0 Å². The third-order valence-corrected chi connectivity index (χ3v) is 5.34. The zero-order valence-electron chi connectivity index (χ0n) is 17.6. The van der Waals surface area contributed by atoms with E-state index in [4.69, 9.17) is 4.74 Å². The zero-order valence-corrected chi connectivity index (χ0v) is 18.4. The first kappa shape index (κ1) is 23.2. The third-order valence-electron chi connectivity index (χ3n) is 4.20. The highest BCUT2D eigenvalue weighted by Crippen LogP contribution is 2.19. The lowest BCUT2D eigenvalue weighted by atomic mass is 10.2. The van der Waals surface area contributed by atoms with Gasteiger partial charge < -0.3 is 15.0 Å². The maximum absolute atomic E-state index is 12.4. The molecule has 0 saturated carbocycles. The summed E-state index contributed by atoms with van der Waals surface area (Å²) in [6.45, 7) is 2.30. The first-order valence-electron chi connectivity index (χ1n) is 9.39. The maximum atomic E-state index is 12.4. The van der Waals surface area contributed by atoms with E-state index < -0.39 is 15.9 Å². The number of rotatable bonds is 9. The molecule has 162 valence electrons. The summed E-state index contributed by atoms with van der Waals surface area (Å²) < 4.78 is 30.9. The van der Waals surface area contributed by atoms with Crippen LogP contribution < -0.4 is 14.4 Å². The molecule has 0 fully saturated rings. The SMILES string of the molecule is CCOc1cccc(CNC(=O)CN(c2ccc(C(=O)N(C)C)cc2)S(C)(=O)=O)c1. The Morgan fingerprint density at radius 2 is 1.73 bits per heavy atom. The molecule has 0 spiro atoms. The van der Waals surface area contributed by atoms with Gasteiger partial charge in [-0.2, -0.15) is 0 Å². The second-order valence-corrected chi connectivity index (χ2v) is 8.78. The second kappa shape index (κ2) is 10.1. The average Bonchev–Trinajstić information content (AvgIpc) is 2.70. The first-order valence-corrected chi connectivity index (χ1v) is 11.2. The van der Waals surface area contributed by atoms with E-state index in [2.05, 4.69) is 5.32 Å². The highest BCUT2D eigenvalue weighted by atomic mass is 32.2. The summed E-state index contributed by atoms with van der Waals surface area (Å²) in [5, 5.41) is 2.72. The van der Waals surface area contributed by atoms with Gasteiger partial charge in [0.15, 0.2) is 0 Å². The molecule has 0 aliphatic rings. The summed E-state index contributed by atoms with van der Waals surface area (Å²) in [7, 11) is -0.438. The predicted octanol–water partition coefficient (Wildman–Crippen LogP) is 1.87. The van der Waals surface area contributed by atoms with Crippen molar-refractivity contribution in [1.29, 1.82) is 0 Å². The highest BCUT2D eigenvalue weighted by molar-refractivity contribution is 7.92. The summed E-state index contributed by atoms with van der Waals surface area (Å²) in [6.07, 6.45) is 1.03. The molecule has 0 aliphatic heterocycles. The van der Waals surface area contributed by atoms with Crippen LogP contribution in [0, 0.1) is 0 Å². The smallest absolute Gasteiger partial charge is 0.253 e. The van der Waals surface area contributed by atoms with Crippen molar-refractivity contribution in [2.45, 2.75) is 13.5 Å². The summed E-state index contributed by atoms with van der Waals surface area (Å²) in [5.74, 6) is 0.0598. The van der Waals surface area contributed by atoms with E-state index in [1.54, 1.807) is 14.1 Å². The van der Waals surface area contributed by atoms with Crippen molar-refractivity contribution in [2.75, 3.05) is 37.8 Å². The van der Waals surface area contributed by atoms with Crippen LogP contribution in [0.4, 0.5) is 5.69 Å². The van der Waals surface area contributed by atoms with Crippen LogP contribution in [0.25, 0.3) is 0 Å². The molecule has 0 atom stereocenters. The van der Waals surface area contributed by atoms with Crippen molar-refractivity contribution in [3.05, 3.63) is 59.7 Å². The quantitative estimate of drug-likeness (QED) is 0.651. The van der Waals surface area contributed by atoms with Crippen molar-refractivity contribution < 1.29 is 22.7 Å². The first-order chi connectivity index (χ1) is 14.1. The van der Waals surface area contributed by atoms with Gasteiger partial charge in [-0.3, -0.25) is 13.9 Å². The van der Waals surface area contributed by atoms with Crippen molar-refractivity contribution in [2.24, 2.45) is 0 Å². The number of sulfonamides is 1. The summed E-state index contributed by atoms with van der Waals surface area (Å²) in [4.78, 5) is 25.8. The van der Waals surface area contributed by atoms with E-state index in [1.807, 2.05) is 31.2 Å². The summed E-state index contributed by atoms with van der Waals surface area (Å²) >= 11 is 0. The lowest BCUT2D eigenvalue weighted by Gasteiger charge is -2.22. The Bertz CT molecular complexity index is 988. The summed E-state index contributed by atoms with van der Waals surface area (Å²) in [5.41, 5.74) is 1.57. The number of anilines is 1. The zero-order chi connectivity index (χ0) is 22.3. The average molecular weight is 434 g/mol. The molecule has 30 heavy (non-hydrogen) atoms. The largest absolute Gasteiger partial charge is 0.494 e. The topological polar surface area (TPSA) is 96.0 Å². The molecule has 0 unspecified atom stereocenters. The van der Waals surface area contributed by atoms with Gasteiger partial charge >= 0.3 is 0 Å². The molecule has 2 aromatic carbocycles. The van der Waals surface area contributed by atoms with Gasteiger partial charge in [-0.25, -0.2) is 8.42 Å². The predicted molar refractivity (Wildman–Crippen MR) is 116 cm³/mol. The Kier molecular flexibility index (Phi) is 7.82. The van der Waals surface area contributed by atoms with Crippen LogP contribution in [0.1, 0.15) is 22.8 Å². The van der Waals surface area contributed by atoms with E-state index in [0.29, 0.717) is 23.6 Å². The number of hydrogen-bond donors (Lipinski definition) is 1. The molecule has 2 rings (SSSR count). The fourth-order valence-corrected chi connectivity index (χ4v) is 3.58. The normalized spacial score (nSPS) is 10.9. The molecule has 8 nitrogen and oxygen atoms in total. The Morgan fingerprint density at radius 3 is 2.30 bits per heavy atom. The molecule has 2 aromatic rings. The van der Waals surface area contributed by atoms with Crippen LogP contribution in [-0.2, 0) is 21.4 Å². The molecule has 0 aliphatic carbocycles.